The van der Waals surface area contributed by atoms with E-state index in [1.54, 1.807) is 70.2 Å². The molecule has 7 atom stereocenters. The molecule has 1 aliphatic heterocycles. The number of likely N-dealkylation sites (tertiary alicyclic amines) is 1. The number of carbonyl (C=O) groups is 6. The number of nitrogens with zero attached hydrogens (tertiary/aromatic N) is 1. The molecule has 1 fully saturated rings. The van der Waals surface area contributed by atoms with E-state index in [0.29, 0.717) is 28.0 Å². The number of rotatable bonds is 22. The van der Waals surface area contributed by atoms with E-state index in [1.165, 1.54) is 4.90 Å². The Labute approximate surface area is 459 Å². The summed E-state index contributed by atoms with van der Waals surface area (Å²) in [6.07, 6.45) is -2.27. The second kappa shape index (κ2) is 25.8. The summed E-state index contributed by atoms with van der Waals surface area (Å²) in [6.45, 7) is 18.3. The third-order valence-electron chi connectivity index (χ3n) is 12.9. The molecule has 416 valence electrons. The number of nitrogens with two attached hydrogens (primary N) is 1. The average molecular weight is 1070 g/mol. The lowest BCUT2D eigenvalue weighted by Crippen LogP contribution is -2.62. The number of aliphatic carboxylic acids is 1. The zero-order valence-corrected chi connectivity index (χ0v) is 46.6. The van der Waals surface area contributed by atoms with Crippen molar-refractivity contribution in [1.29, 1.82) is 0 Å². The number of carbonyl (C=O) groups excluding carboxylic acids is 5. The van der Waals surface area contributed by atoms with Crippen LogP contribution in [0.3, 0.4) is 0 Å². The van der Waals surface area contributed by atoms with Gasteiger partial charge in [-0.15, -0.1) is 0 Å². The van der Waals surface area contributed by atoms with Crippen LogP contribution in [0.15, 0.2) is 146 Å². The first-order valence-corrected chi connectivity index (χ1v) is 26.6. The third-order valence-corrected chi connectivity index (χ3v) is 12.9. The molecule has 0 spiro atoms. The molecular formula is C62H78N6O10. The van der Waals surface area contributed by atoms with Crippen molar-refractivity contribution >= 4 is 35.5 Å². The number of nitrogens with one attached hydrogen (secondary N) is 4. The molecule has 0 aliphatic carbocycles. The number of ether oxygens (including phenoxy) is 3. The molecule has 1 aliphatic rings. The van der Waals surface area contributed by atoms with Gasteiger partial charge in [0.15, 0.2) is 0 Å². The van der Waals surface area contributed by atoms with Crippen LogP contribution >= 0.6 is 0 Å². The molecule has 0 radical (unpaired) electrons. The van der Waals surface area contributed by atoms with Gasteiger partial charge >= 0.3 is 5.97 Å². The Bertz CT molecular complexity index is 2700. The Hall–Kier alpha value is -7.40. The van der Waals surface area contributed by atoms with Crippen LogP contribution in [0.4, 0.5) is 0 Å². The van der Waals surface area contributed by atoms with Crippen molar-refractivity contribution in [2.75, 3.05) is 6.54 Å². The number of carboxylic acid groups (broad SMARTS) is 1. The minimum Gasteiger partial charge on any atom is -0.488 e. The highest BCUT2D eigenvalue weighted by atomic mass is 16.5. The predicted octanol–water partition coefficient (Wildman–Crippen LogP) is 7.00. The summed E-state index contributed by atoms with van der Waals surface area (Å²) in [4.78, 5) is 88.5. The van der Waals surface area contributed by atoms with Crippen molar-refractivity contribution in [3.8, 4) is 5.75 Å². The van der Waals surface area contributed by atoms with Crippen molar-refractivity contribution in [3.05, 3.63) is 173 Å². The van der Waals surface area contributed by atoms with Crippen molar-refractivity contribution in [3.63, 3.8) is 0 Å². The smallest absolute Gasteiger partial charge is 0.326 e. The maximum absolute atomic E-state index is 15.2. The highest BCUT2D eigenvalue weighted by Crippen LogP contribution is 2.37. The molecule has 5 amide bonds. The molecule has 1 heterocycles. The van der Waals surface area contributed by atoms with Crippen LogP contribution in [0.25, 0.3) is 0 Å². The summed E-state index contributed by atoms with van der Waals surface area (Å²) < 4.78 is 18.6. The molecule has 0 bridgehead atoms. The van der Waals surface area contributed by atoms with Crippen LogP contribution in [0.5, 0.6) is 5.75 Å². The van der Waals surface area contributed by atoms with Crippen LogP contribution < -0.4 is 31.7 Å². The second-order valence-electron chi connectivity index (χ2n) is 22.9. The summed E-state index contributed by atoms with van der Waals surface area (Å²) in [5.41, 5.74) is 6.91. The van der Waals surface area contributed by atoms with E-state index in [4.69, 9.17) is 19.9 Å². The number of benzene rings is 5. The Kier molecular flexibility index (Phi) is 19.8. The van der Waals surface area contributed by atoms with Crippen LogP contribution in [0, 0.1) is 0 Å². The fourth-order valence-corrected chi connectivity index (χ4v) is 9.77. The SMILES string of the molecule is C[C@@H](OC(C)(C)C)[C@H](NC(=O)[C@H](CC(=O)NC(c1ccccc1)(c1ccccc1)c1ccccc1)NC(=O)[C@@H]1C[C@@H](OC(C)(C)C)CN1C(=O)[C@H](N)Cc1ccc(OC(C)(C)C)cc1)C(=O)N[C@@H](Cc1ccccc1)C(=O)O. The highest BCUT2D eigenvalue weighted by molar-refractivity contribution is 5.98. The van der Waals surface area contributed by atoms with E-state index in [0.717, 1.165) is 5.56 Å². The first-order chi connectivity index (χ1) is 36.7. The largest absolute Gasteiger partial charge is 0.488 e. The summed E-state index contributed by atoms with van der Waals surface area (Å²) >= 11 is 0. The first-order valence-electron chi connectivity index (χ1n) is 26.6. The number of carboxylic acids is 1. The quantitative estimate of drug-likeness (QED) is 0.0387. The van der Waals surface area contributed by atoms with Crippen LogP contribution in [-0.4, -0.2) is 111 Å². The highest BCUT2D eigenvalue weighted by Gasteiger charge is 2.45. The molecule has 16 nitrogen and oxygen atoms in total. The maximum Gasteiger partial charge on any atom is 0.326 e. The molecule has 78 heavy (non-hydrogen) atoms. The lowest BCUT2D eigenvalue weighted by molar-refractivity contribution is -0.145. The lowest BCUT2D eigenvalue weighted by Gasteiger charge is -2.37. The van der Waals surface area contributed by atoms with Crippen molar-refractivity contribution in [2.45, 2.75) is 160 Å². The zero-order chi connectivity index (χ0) is 57.0. The number of amides is 5. The Morgan fingerprint density at radius 2 is 1.12 bits per heavy atom. The molecule has 0 unspecified atom stereocenters. The van der Waals surface area contributed by atoms with E-state index in [9.17, 15) is 19.5 Å². The fourth-order valence-electron chi connectivity index (χ4n) is 9.77. The monoisotopic (exact) mass is 1070 g/mol. The number of hydrogen-bond acceptors (Lipinski definition) is 10. The van der Waals surface area contributed by atoms with E-state index in [2.05, 4.69) is 21.3 Å². The van der Waals surface area contributed by atoms with Gasteiger partial charge in [0, 0.05) is 19.4 Å². The normalized spacial score (nSPS) is 16.9. The second-order valence-corrected chi connectivity index (χ2v) is 22.9. The molecule has 16 heteroatoms. The third kappa shape index (κ3) is 16.8. The zero-order valence-electron chi connectivity index (χ0n) is 46.6. The molecule has 0 aromatic heterocycles. The van der Waals surface area contributed by atoms with Gasteiger partial charge in [0.1, 0.15) is 41.1 Å². The Balaban J connectivity index is 1.38. The minimum atomic E-state index is -1.70. The van der Waals surface area contributed by atoms with Gasteiger partial charge < -0.3 is 51.2 Å². The van der Waals surface area contributed by atoms with E-state index in [1.807, 2.05) is 145 Å². The number of hydrogen-bond donors (Lipinski definition) is 6. The predicted molar refractivity (Wildman–Crippen MR) is 299 cm³/mol. The van der Waals surface area contributed by atoms with Gasteiger partial charge in [0.2, 0.25) is 29.5 Å². The average Bonchev–Trinajstić information content (AvgIpc) is 3.88. The van der Waals surface area contributed by atoms with Gasteiger partial charge in [-0.2, -0.15) is 0 Å². The van der Waals surface area contributed by atoms with E-state index in [-0.39, 0.29) is 25.8 Å². The van der Waals surface area contributed by atoms with E-state index < -0.39 is 107 Å². The summed E-state index contributed by atoms with van der Waals surface area (Å²) in [6, 6.07) is 37.1. The summed E-state index contributed by atoms with van der Waals surface area (Å²) in [5.74, 6) is -4.48. The van der Waals surface area contributed by atoms with Crippen LogP contribution in [-0.2, 0) is 56.6 Å². The molecule has 7 N–H and O–H groups in total. The van der Waals surface area contributed by atoms with Gasteiger partial charge in [-0.25, -0.2) is 4.79 Å². The summed E-state index contributed by atoms with van der Waals surface area (Å²) in [5, 5.41) is 21.7. The molecule has 6 rings (SSSR count). The minimum absolute atomic E-state index is 0.00295. The van der Waals surface area contributed by atoms with Crippen molar-refractivity contribution < 1.29 is 48.1 Å². The Morgan fingerprint density at radius 1 is 0.615 bits per heavy atom. The van der Waals surface area contributed by atoms with Crippen molar-refractivity contribution in [2.24, 2.45) is 5.73 Å². The molecular weight excluding hydrogens is 989 g/mol. The van der Waals surface area contributed by atoms with Gasteiger partial charge in [-0.1, -0.05) is 133 Å². The first kappa shape index (κ1) is 59.8. The summed E-state index contributed by atoms with van der Waals surface area (Å²) in [7, 11) is 0. The standard InChI is InChI=1S/C62H78N6O10/c1-40(76-59(2,3)4)53(56(72)65-50(58(74)75)36-41-23-15-11-16-24-41)66-54(70)49(38-52(69)67-62(43-25-17-12-18-26-43,44-27-19-13-20-28-44)45-29-21-14-22-30-45)64-55(71)51-37-47(78-61(8,9)10)39-68(51)57(73)48(63)35-42-31-33-46(34-32-42)77-60(5,6)7/h11-34,40,47-51,53H,35-39,63H2,1-10H3,(H,64,71)(H,65,72)(H,66,70)(H,67,69)(H,74,75)/t40-,47-,48-,49+,50+,51+,53+/m1/s1. The Morgan fingerprint density at radius 3 is 1.59 bits per heavy atom. The molecule has 5 aromatic rings. The molecule has 1 saturated heterocycles. The van der Waals surface area contributed by atoms with Gasteiger partial charge in [-0.3, -0.25) is 24.0 Å². The van der Waals surface area contributed by atoms with Gasteiger partial charge in [0.05, 0.1) is 35.9 Å². The lowest BCUT2D eigenvalue weighted by atomic mass is 9.77. The maximum atomic E-state index is 15.2. The van der Waals surface area contributed by atoms with Crippen LogP contribution in [0.2, 0.25) is 0 Å². The van der Waals surface area contributed by atoms with Gasteiger partial charge in [-0.05, 0) is 116 Å². The van der Waals surface area contributed by atoms with Gasteiger partial charge in [0.25, 0.3) is 0 Å². The van der Waals surface area contributed by atoms with Crippen molar-refractivity contribution in [1.82, 2.24) is 26.2 Å². The topological polar surface area (TPSA) is 228 Å². The molecule has 5 aromatic carbocycles. The van der Waals surface area contributed by atoms with Crippen LogP contribution in [0.1, 0.15) is 110 Å². The fraction of sp³-hybridized carbons (Fsp3) is 0.419. The van der Waals surface area contributed by atoms with E-state index >= 15 is 14.4 Å². The molecule has 0 saturated carbocycles.